The number of aromatic nitrogens is 1. The molecule has 0 bridgehead atoms. The molecule has 1 aliphatic heterocycles. The lowest BCUT2D eigenvalue weighted by Gasteiger charge is -2.31. The molecule has 0 spiro atoms. The standard InChI is InChI=1S/C12H12N2O4.C8H10O.C2H6/c1-12(2)17-10(15)9(11(16)18-12)7-14-8-4-3-5-13-6-8;1-9-7-8-5-3-2-4-6-8;1-2/h3-7,9H,1-2H3;2-6H,7H2,1H3;1-2H3. The fraction of sp³-hybridized carbons (Fsp3) is 0.364. The van der Waals surface area contributed by atoms with E-state index in [2.05, 4.69) is 9.98 Å². The summed E-state index contributed by atoms with van der Waals surface area (Å²) < 4.78 is 14.8. The number of carbonyl (C=O) groups excluding carboxylic acids is 2. The molecule has 0 atom stereocenters. The zero-order valence-electron chi connectivity index (χ0n) is 17.5. The number of hydrogen-bond acceptors (Lipinski definition) is 7. The van der Waals surface area contributed by atoms with Crippen LogP contribution in [-0.2, 0) is 30.4 Å². The second-order valence-electron chi connectivity index (χ2n) is 6.13. The third-order valence-electron chi connectivity index (χ3n) is 3.37. The Bertz CT molecular complexity index is 756. The fourth-order valence-corrected chi connectivity index (χ4v) is 2.18. The molecule has 0 aliphatic carbocycles. The summed E-state index contributed by atoms with van der Waals surface area (Å²) in [5.41, 5.74) is 1.77. The van der Waals surface area contributed by atoms with Gasteiger partial charge in [0.2, 0.25) is 0 Å². The molecule has 7 heteroatoms. The number of hydrogen-bond donors (Lipinski definition) is 0. The first kappa shape index (κ1) is 24.0. The summed E-state index contributed by atoms with van der Waals surface area (Å²) in [6, 6.07) is 13.5. The topological polar surface area (TPSA) is 87.1 Å². The van der Waals surface area contributed by atoms with Gasteiger partial charge in [-0.3, -0.25) is 19.6 Å². The Morgan fingerprint density at radius 3 is 2.21 bits per heavy atom. The summed E-state index contributed by atoms with van der Waals surface area (Å²) >= 11 is 0. The summed E-state index contributed by atoms with van der Waals surface area (Å²) in [6.45, 7) is 7.70. The highest BCUT2D eigenvalue weighted by molar-refractivity contribution is 6.10. The number of esters is 2. The maximum atomic E-state index is 11.6. The van der Waals surface area contributed by atoms with E-state index in [1.165, 1.54) is 31.8 Å². The molecule has 0 amide bonds. The average molecular weight is 400 g/mol. The molecule has 1 aromatic heterocycles. The normalized spacial score (nSPS) is 15.3. The Hall–Kier alpha value is -3.06. The highest BCUT2D eigenvalue weighted by Crippen LogP contribution is 2.22. The minimum atomic E-state index is -1.22. The minimum Gasteiger partial charge on any atom is -0.422 e. The third kappa shape index (κ3) is 8.66. The van der Waals surface area contributed by atoms with Crippen molar-refractivity contribution in [3.8, 4) is 0 Å². The Kier molecular flexibility index (Phi) is 10.3. The van der Waals surface area contributed by atoms with E-state index in [0.29, 0.717) is 12.3 Å². The second kappa shape index (κ2) is 12.4. The Labute approximate surface area is 171 Å². The number of methoxy groups -OCH3 is 1. The summed E-state index contributed by atoms with van der Waals surface area (Å²) in [6.07, 6.45) is 4.32. The largest absolute Gasteiger partial charge is 0.422 e. The van der Waals surface area contributed by atoms with Crippen molar-refractivity contribution in [3.63, 3.8) is 0 Å². The second-order valence-corrected chi connectivity index (χ2v) is 6.13. The fourth-order valence-electron chi connectivity index (χ4n) is 2.18. The van der Waals surface area contributed by atoms with Crippen LogP contribution < -0.4 is 0 Å². The van der Waals surface area contributed by atoms with Gasteiger partial charge < -0.3 is 14.2 Å². The van der Waals surface area contributed by atoms with E-state index in [1.54, 1.807) is 25.4 Å². The maximum absolute atomic E-state index is 11.6. The summed E-state index contributed by atoms with van der Waals surface area (Å²) in [5.74, 6) is -3.67. The first-order valence-electron chi connectivity index (χ1n) is 9.34. The van der Waals surface area contributed by atoms with Gasteiger partial charge in [0, 0.05) is 33.4 Å². The average Bonchev–Trinajstić information content (AvgIpc) is 2.70. The van der Waals surface area contributed by atoms with Crippen LogP contribution in [0.15, 0.2) is 59.9 Å². The van der Waals surface area contributed by atoms with E-state index in [9.17, 15) is 9.59 Å². The van der Waals surface area contributed by atoms with E-state index in [1.807, 2.05) is 44.2 Å². The highest BCUT2D eigenvalue weighted by atomic mass is 16.7. The molecule has 1 aromatic carbocycles. The summed E-state index contributed by atoms with van der Waals surface area (Å²) in [7, 11) is 1.70. The molecule has 3 rings (SSSR count). The molecule has 0 saturated carbocycles. The van der Waals surface area contributed by atoms with Crippen molar-refractivity contribution in [1.29, 1.82) is 0 Å². The highest BCUT2D eigenvalue weighted by Gasteiger charge is 2.42. The maximum Gasteiger partial charge on any atom is 0.329 e. The van der Waals surface area contributed by atoms with Gasteiger partial charge in [0.15, 0.2) is 5.92 Å². The van der Waals surface area contributed by atoms with E-state index in [-0.39, 0.29) is 0 Å². The van der Waals surface area contributed by atoms with Crippen molar-refractivity contribution in [3.05, 3.63) is 60.4 Å². The number of rotatable bonds is 4. The van der Waals surface area contributed by atoms with Gasteiger partial charge in [-0.15, -0.1) is 0 Å². The number of ether oxygens (including phenoxy) is 3. The molecule has 1 saturated heterocycles. The molecule has 156 valence electrons. The number of cyclic esters (lactones) is 2. The van der Waals surface area contributed by atoms with Gasteiger partial charge in [0.1, 0.15) is 0 Å². The Balaban J connectivity index is 0.000000321. The quantitative estimate of drug-likeness (QED) is 0.436. The summed E-state index contributed by atoms with van der Waals surface area (Å²) in [4.78, 5) is 31.1. The predicted molar refractivity (Wildman–Crippen MR) is 111 cm³/mol. The van der Waals surface area contributed by atoms with Crippen molar-refractivity contribution in [1.82, 2.24) is 4.98 Å². The van der Waals surface area contributed by atoms with E-state index < -0.39 is 23.6 Å². The van der Waals surface area contributed by atoms with Crippen molar-refractivity contribution < 1.29 is 23.8 Å². The number of nitrogens with zero attached hydrogens (tertiary/aromatic N) is 2. The minimum absolute atomic E-state index is 0.544. The van der Waals surface area contributed by atoms with Crippen molar-refractivity contribution in [2.24, 2.45) is 10.9 Å². The van der Waals surface area contributed by atoms with Gasteiger partial charge in [-0.25, -0.2) is 0 Å². The Morgan fingerprint density at radius 1 is 1.07 bits per heavy atom. The molecule has 0 radical (unpaired) electrons. The van der Waals surface area contributed by atoms with Crippen LogP contribution in [0.4, 0.5) is 5.69 Å². The van der Waals surface area contributed by atoms with Gasteiger partial charge in [0.25, 0.3) is 5.79 Å². The van der Waals surface area contributed by atoms with Crippen LogP contribution in [0.2, 0.25) is 0 Å². The first-order valence-corrected chi connectivity index (χ1v) is 9.34. The molecule has 2 heterocycles. The lowest BCUT2D eigenvalue weighted by molar-refractivity contribution is -0.235. The molecule has 1 aliphatic rings. The lowest BCUT2D eigenvalue weighted by atomic mass is 10.1. The van der Waals surface area contributed by atoms with Crippen LogP contribution in [0, 0.1) is 5.92 Å². The van der Waals surface area contributed by atoms with E-state index in [4.69, 9.17) is 14.2 Å². The number of aliphatic imine (C=N–C) groups is 1. The predicted octanol–water partition coefficient (Wildman–Crippen LogP) is 4.10. The van der Waals surface area contributed by atoms with Crippen LogP contribution in [0.3, 0.4) is 0 Å². The van der Waals surface area contributed by atoms with Crippen molar-refractivity contribution >= 4 is 23.8 Å². The number of carbonyl (C=O) groups is 2. The van der Waals surface area contributed by atoms with Gasteiger partial charge in [-0.2, -0.15) is 0 Å². The van der Waals surface area contributed by atoms with Gasteiger partial charge in [0.05, 0.1) is 18.5 Å². The molecule has 29 heavy (non-hydrogen) atoms. The summed E-state index contributed by atoms with van der Waals surface area (Å²) in [5, 5.41) is 0. The molecule has 7 nitrogen and oxygen atoms in total. The van der Waals surface area contributed by atoms with Gasteiger partial charge in [-0.1, -0.05) is 44.2 Å². The molecule has 0 N–H and O–H groups in total. The zero-order chi connectivity index (χ0) is 21.7. The monoisotopic (exact) mass is 400 g/mol. The molecular weight excluding hydrogens is 372 g/mol. The van der Waals surface area contributed by atoms with Crippen LogP contribution >= 0.6 is 0 Å². The van der Waals surface area contributed by atoms with Crippen LogP contribution in [0.5, 0.6) is 0 Å². The van der Waals surface area contributed by atoms with E-state index >= 15 is 0 Å². The Morgan fingerprint density at radius 2 is 1.69 bits per heavy atom. The van der Waals surface area contributed by atoms with Crippen molar-refractivity contribution in [2.75, 3.05) is 7.11 Å². The van der Waals surface area contributed by atoms with Crippen LogP contribution in [0.25, 0.3) is 0 Å². The first-order chi connectivity index (χ1) is 13.9. The van der Waals surface area contributed by atoms with Crippen LogP contribution in [0.1, 0.15) is 33.3 Å². The van der Waals surface area contributed by atoms with Crippen LogP contribution in [-0.4, -0.2) is 36.0 Å². The number of pyridine rings is 1. The smallest absolute Gasteiger partial charge is 0.329 e. The molecular formula is C22H28N2O5. The van der Waals surface area contributed by atoms with E-state index in [0.717, 1.165) is 0 Å². The third-order valence-corrected chi connectivity index (χ3v) is 3.37. The SMILES string of the molecule is CC.CC1(C)OC(=O)C(C=Nc2cccnc2)C(=O)O1.COCc1ccccc1. The van der Waals surface area contributed by atoms with Crippen molar-refractivity contribution in [2.45, 2.75) is 40.1 Å². The number of benzene rings is 1. The molecule has 2 aromatic rings. The molecule has 1 fully saturated rings. The lowest BCUT2D eigenvalue weighted by Crippen LogP contribution is -2.46. The van der Waals surface area contributed by atoms with Gasteiger partial charge in [-0.05, 0) is 17.7 Å². The van der Waals surface area contributed by atoms with Gasteiger partial charge >= 0.3 is 11.9 Å². The zero-order valence-corrected chi connectivity index (χ0v) is 17.5. The molecule has 0 unspecified atom stereocenters.